The second-order valence-corrected chi connectivity index (χ2v) is 6.72. The average molecular weight is 363 g/mol. The Labute approximate surface area is 157 Å². The number of H-pyrrole nitrogens is 1. The molecule has 2 N–H and O–H groups in total. The number of aromatic amines is 1. The standard InChI is InChI=1S/C21H21N3O3/c1-14-6-8-16(9-7-14)27-11-10-24-20(25)19(23-21(24)26)12-15-13-22-18-5-3-2-4-17(15)18/h2-9,13,19,22H,10-12H2,1H3,(H,23,26)/t19-/m1/s1. The molecular weight excluding hydrogens is 342 g/mol. The Balaban J connectivity index is 1.37. The van der Waals surface area contributed by atoms with Gasteiger partial charge in [-0.25, -0.2) is 4.79 Å². The van der Waals surface area contributed by atoms with Gasteiger partial charge in [0.2, 0.25) is 0 Å². The lowest BCUT2D eigenvalue weighted by molar-refractivity contribution is -0.127. The average Bonchev–Trinajstić information content (AvgIpc) is 3.19. The van der Waals surface area contributed by atoms with Crippen molar-refractivity contribution >= 4 is 22.8 Å². The Hall–Kier alpha value is -3.28. The lowest BCUT2D eigenvalue weighted by Gasteiger charge is -2.14. The molecule has 138 valence electrons. The first-order valence-corrected chi connectivity index (χ1v) is 8.98. The van der Waals surface area contributed by atoms with Gasteiger partial charge in [0.15, 0.2) is 0 Å². The summed E-state index contributed by atoms with van der Waals surface area (Å²) in [7, 11) is 0. The number of imide groups is 1. The summed E-state index contributed by atoms with van der Waals surface area (Å²) in [6, 6.07) is 14.7. The molecule has 1 aromatic heterocycles. The number of benzene rings is 2. The van der Waals surface area contributed by atoms with E-state index in [1.54, 1.807) is 0 Å². The Bertz CT molecular complexity index is 978. The van der Waals surface area contributed by atoms with Crippen molar-refractivity contribution in [2.75, 3.05) is 13.2 Å². The molecule has 0 spiro atoms. The number of carbonyl (C=O) groups excluding carboxylic acids is 2. The summed E-state index contributed by atoms with van der Waals surface area (Å²) in [5.74, 6) is 0.515. The quantitative estimate of drug-likeness (QED) is 0.661. The number of carbonyl (C=O) groups is 2. The van der Waals surface area contributed by atoms with Gasteiger partial charge in [0, 0.05) is 23.5 Å². The summed E-state index contributed by atoms with van der Waals surface area (Å²) < 4.78 is 5.64. The number of ether oxygens (including phenoxy) is 1. The van der Waals surface area contributed by atoms with Crippen LogP contribution in [0.2, 0.25) is 0 Å². The second-order valence-electron chi connectivity index (χ2n) is 6.72. The first-order valence-electron chi connectivity index (χ1n) is 8.98. The summed E-state index contributed by atoms with van der Waals surface area (Å²) >= 11 is 0. The number of para-hydroxylation sites is 1. The van der Waals surface area contributed by atoms with Crippen molar-refractivity contribution in [1.82, 2.24) is 15.2 Å². The number of nitrogens with one attached hydrogen (secondary N) is 2. The molecule has 1 atom stereocenters. The minimum absolute atomic E-state index is 0.210. The van der Waals surface area contributed by atoms with E-state index in [2.05, 4.69) is 10.3 Å². The number of hydrogen-bond acceptors (Lipinski definition) is 3. The monoisotopic (exact) mass is 363 g/mol. The van der Waals surface area contributed by atoms with E-state index in [1.165, 1.54) is 4.90 Å². The van der Waals surface area contributed by atoms with Crippen LogP contribution in [0.4, 0.5) is 4.79 Å². The molecule has 4 rings (SSSR count). The van der Waals surface area contributed by atoms with E-state index >= 15 is 0 Å². The molecule has 0 aliphatic carbocycles. The lowest BCUT2D eigenvalue weighted by Crippen LogP contribution is -2.35. The van der Waals surface area contributed by atoms with E-state index in [9.17, 15) is 9.59 Å². The van der Waals surface area contributed by atoms with Gasteiger partial charge >= 0.3 is 6.03 Å². The number of fused-ring (bicyclic) bond motifs is 1. The zero-order valence-corrected chi connectivity index (χ0v) is 15.1. The molecule has 1 aliphatic rings. The highest BCUT2D eigenvalue weighted by Gasteiger charge is 2.37. The van der Waals surface area contributed by atoms with Gasteiger partial charge in [-0.2, -0.15) is 0 Å². The number of nitrogens with zero attached hydrogens (tertiary/aromatic N) is 1. The van der Waals surface area contributed by atoms with Crippen molar-refractivity contribution in [1.29, 1.82) is 0 Å². The van der Waals surface area contributed by atoms with Crippen LogP contribution >= 0.6 is 0 Å². The summed E-state index contributed by atoms with van der Waals surface area (Å²) in [5.41, 5.74) is 3.19. The molecule has 6 nitrogen and oxygen atoms in total. The van der Waals surface area contributed by atoms with Crippen LogP contribution in [-0.2, 0) is 11.2 Å². The predicted octanol–water partition coefficient (Wildman–Crippen LogP) is 3.02. The Morgan fingerprint density at radius 1 is 1.07 bits per heavy atom. The fourth-order valence-electron chi connectivity index (χ4n) is 3.34. The fraction of sp³-hybridized carbons (Fsp3) is 0.238. The van der Waals surface area contributed by atoms with E-state index in [4.69, 9.17) is 4.74 Å². The summed E-state index contributed by atoms with van der Waals surface area (Å²) in [5, 5.41) is 3.85. The maximum absolute atomic E-state index is 12.6. The molecule has 2 heterocycles. The zero-order valence-electron chi connectivity index (χ0n) is 15.1. The molecular formula is C21H21N3O3. The summed E-state index contributed by atoms with van der Waals surface area (Å²) in [6.45, 7) is 2.50. The molecule has 6 heteroatoms. The molecule has 1 fully saturated rings. The van der Waals surface area contributed by atoms with Crippen molar-refractivity contribution in [3.8, 4) is 5.75 Å². The molecule has 2 aromatic carbocycles. The minimum Gasteiger partial charge on any atom is -0.492 e. The first-order chi connectivity index (χ1) is 13.1. The van der Waals surface area contributed by atoms with Crippen molar-refractivity contribution in [3.05, 3.63) is 65.9 Å². The van der Waals surface area contributed by atoms with Gasteiger partial charge in [-0.1, -0.05) is 35.9 Å². The number of amides is 3. The molecule has 0 saturated carbocycles. The highest BCUT2D eigenvalue weighted by Crippen LogP contribution is 2.21. The number of rotatable bonds is 6. The zero-order chi connectivity index (χ0) is 18.8. The maximum atomic E-state index is 12.6. The van der Waals surface area contributed by atoms with Crippen molar-refractivity contribution in [2.24, 2.45) is 0 Å². The third-order valence-corrected chi connectivity index (χ3v) is 4.81. The van der Waals surface area contributed by atoms with Crippen LogP contribution in [-0.4, -0.2) is 41.0 Å². The van der Waals surface area contributed by atoms with Gasteiger partial charge in [0.1, 0.15) is 18.4 Å². The van der Waals surface area contributed by atoms with Crippen LogP contribution in [0.25, 0.3) is 10.9 Å². The summed E-state index contributed by atoms with van der Waals surface area (Å²) in [4.78, 5) is 29.3. The third kappa shape index (κ3) is 3.51. The third-order valence-electron chi connectivity index (χ3n) is 4.81. The van der Waals surface area contributed by atoms with Crippen LogP contribution < -0.4 is 10.1 Å². The van der Waals surface area contributed by atoms with Crippen molar-refractivity contribution in [2.45, 2.75) is 19.4 Å². The maximum Gasteiger partial charge on any atom is 0.324 e. The second kappa shape index (κ2) is 7.15. The van der Waals surface area contributed by atoms with E-state index in [1.807, 2.05) is 61.7 Å². The summed E-state index contributed by atoms with van der Waals surface area (Å²) in [6.07, 6.45) is 2.36. The smallest absolute Gasteiger partial charge is 0.324 e. The van der Waals surface area contributed by atoms with Gasteiger partial charge in [-0.3, -0.25) is 9.69 Å². The normalized spacial score (nSPS) is 16.8. The number of urea groups is 1. The molecule has 0 bridgehead atoms. The molecule has 3 amide bonds. The van der Waals surface area contributed by atoms with Crippen LogP contribution in [0.3, 0.4) is 0 Å². The molecule has 0 radical (unpaired) electrons. The first kappa shape index (κ1) is 17.1. The van der Waals surface area contributed by atoms with E-state index in [0.29, 0.717) is 6.42 Å². The van der Waals surface area contributed by atoms with E-state index in [0.717, 1.165) is 27.8 Å². The molecule has 3 aromatic rings. The highest BCUT2D eigenvalue weighted by molar-refractivity contribution is 6.04. The molecule has 1 aliphatic heterocycles. The van der Waals surface area contributed by atoms with Gasteiger partial charge in [0.25, 0.3) is 5.91 Å². The van der Waals surface area contributed by atoms with Crippen LogP contribution in [0, 0.1) is 6.92 Å². The number of aryl methyl sites for hydroxylation is 1. The van der Waals surface area contributed by atoms with Crippen LogP contribution in [0.1, 0.15) is 11.1 Å². The van der Waals surface area contributed by atoms with Gasteiger partial charge in [-0.15, -0.1) is 0 Å². The Morgan fingerprint density at radius 3 is 2.67 bits per heavy atom. The van der Waals surface area contributed by atoms with Crippen LogP contribution in [0.5, 0.6) is 5.75 Å². The number of aromatic nitrogens is 1. The number of hydrogen-bond donors (Lipinski definition) is 2. The Kier molecular flexibility index (Phi) is 4.54. The van der Waals surface area contributed by atoms with Gasteiger partial charge in [-0.05, 0) is 30.7 Å². The molecule has 27 heavy (non-hydrogen) atoms. The topological polar surface area (TPSA) is 74.4 Å². The van der Waals surface area contributed by atoms with E-state index in [-0.39, 0.29) is 25.1 Å². The largest absolute Gasteiger partial charge is 0.492 e. The van der Waals surface area contributed by atoms with Gasteiger partial charge in [0.05, 0.1) is 6.54 Å². The minimum atomic E-state index is -0.545. The lowest BCUT2D eigenvalue weighted by atomic mass is 10.1. The van der Waals surface area contributed by atoms with Crippen molar-refractivity contribution < 1.29 is 14.3 Å². The molecule has 0 unspecified atom stereocenters. The fourth-order valence-corrected chi connectivity index (χ4v) is 3.34. The van der Waals surface area contributed by atoms with E-state index < -0.39 is 6.04 Å². The highest BCUT2D eigenvalue weighted by atomic mass is 16.5. The van der Waals surface area contributed by atoms with Gasteiger partial charge < -0.3 is 15.0 Å². The molecule has 1 saturated heterocycles. The SMILES string of the molecule is Cc1ccc(OCCN2C(=O)N[C@H](Cc3c[nH]c4ccccc34)C2=O)cc1. The van der Waals surface area contributed by atoms with Crippen molar-refractivity contribution in [3.63, 3.8) is 0 Å². The predicted molar refractivity (Wildman–Crippen MR) is 103 cm³/mol. The Morgan fingerprint density at radius 2 is 1.85 bits per heavy atom. The van der Waals surface area contributed by atoms with Crippen LogP contribution in [0.15, 0.2) is 54.7 Å².